The van der Waals surface area contributed by atoms with Crippen LogP contribution in [0.25, 0.3) is 0 Å². The molecule has 0 bridgehead atoms. The minimum Gasteiger partial charge on any atom is -0.469 e. The van der Waals surface area contributed by atoms with E-state index in [-0.39, 0.29) is 5.97 Å². The highest BCUT2D eigenvalue weighted by Crippen LogP contribution is 2.32. The molecule has 0 rings (SSSR count). The quantitative estimate of drug-likeness (QED) is 0.470. The Balaban J connectivity index is 4.47. The normalized spacial score (nSPS) is 11.0. The number of ether oxygens (including phenoxy) is 1. The minimum absolute atomic E-state index is 0.195. The summed E-state index contributed by atoms with van der Waals surface area (Å²) in [6.07, 6.45) is 3.32. The van der Waals surface area contributed by atoms with Crippen molar-refractivity contribution in [2.24, 2.45) is 5.41 Å². The zero-order chi connectivity index (χ0) is 10.3. The molecule has 0 saturated heterocycles. The molecule has 0 aromatic heterocycles. The number of rotatable bonds is 6. The van der Waals surface area contributed by atoms with Crippen molar-refractivity contribution < 1.29 is 14.3 Å². The molecule has 0 unspecified atom stereocenters. The molecule has 0 atom stereocenters. The van der Waals surface area contributed by atoms with Gasteiger partial charge in [0.2, 0.25) is 0 Å². The number of hydrogen-bond donors (Lipinski definition) is 0. The van der Waals surface area contributed by atoms with Crippen molar-refractivity contribution in [2.45, 2.75) is 39.5 Å². The predicted octanol–water partition coefficient (Wildman–Crippen LogP) is 1.94. The second kappa shape index (κ2) is 5.73. The van der Waals surface area contributed by atoms with Crippen LogP contribution in [0, 0.1) is 5.41 Å². The van der Waals surface area contributed by atoms with E-state index in [9.17, 15) is 9.59 Å². The van der Waals surface area contributed by atoms with Crippen LogP contribution in [-0.2, 0) is 14.3 Å². The molecule has 0 fully saturated rings. The molecular weight excluding hydrogens is 168 g/mol. The zero-order valence-corrected chi connectivity index (χ0v) is 8.63. The third-order valence-electron chi connectivity index (χ3n) is 2.71. The summed E-state index contributed by atoms with van der Waals surface area (Å²) in [6, 6.07) is 0. The van der Waals surface area contributed by atoms with Crippen LogP contribution in [0.1, 0.15) is 39.5 Å². The molecule has 0 aromatic rings. The summed E-state index contributed by atoms with van der Waals surface area (Å²) in [6.45, 7) is 3.90. The van der Waals surface area contributed by atoms with Gasteiger partial charge in [-0.25, -0.2) is 0 Å². The molecule has 0 saturated carbocycles. The van der Waals surface area contributed by atoms with E-state index in [4.69, 9.17) is 4.74 Å². The summed E-state index contributed by atoms with van der Waals surface area (Å²) in [5, 5.41) is 0. The van der Waals surface area contributed by atoms with Crippen LogP contribution in [-0.4, -0.2) is 19.4 Å². The molecule has 0 aliphatic heterocycles. The largest absolute Gasteiger partial charge is 0.469 e. The van der Waals surface area contributed by atoms with E-state index in [1.54, 1.807) is 0 Å². The molecule has 0 aliphatic carbocycles. The Kier molecular flexibility index (Phi) is 5.35. The maximum atomic E-state index is 11.5. The van der Waals surface area contributed by atoms with Gasteiger partial charge in [0.25, 0.3) is 0 Å². The van der Waals surface area contributed by atoms with Gasteiger partial charge in [-0.1, -0.05) is 13.8 Å². The number of carbonyl (C=O) groups is 2. The van der Waals surface area contributed by atoms with Crippen molar-refractivity contribution in [3.05, 3.63) is 0 Å². The van der Waals surface area contributed by atoms with E-state index in [2.05, 4.69) is 0 Å². The standard InChI is InChI=1S/C10H18O3/c1-4-10(5-2,7-6-8-11)9(12)13-3/h8H,4-7H2,1-3H3. The molecule has 0 radical (unpaired) electrons. The van der Waals surface area contributed by atoms with Crippen LogP contribution in [0.5, 0.6) is 0 Å². The first-order chi connectivity index (χ1) is 6.16. The fourth-order valence-electron chi connectivity index (χ4n) is 1.55. The highest BCUT2D eigenvalue weighted by atomic mass is 16.5. The van der Waals surface area contributed by atoms with Crippen LogP contribution in [0.2, 0.25) is 0 Å². The third-order valence-corrected chi connectivity index (χ3v) is 2.71. The zero-order valence-electron chi connectivity index (χ0n) is 8.63. The second-order valence-corrected chi connectivity index (χ2v) is 3.18. The Labute approximate surface area is 79.5 Å². The molecule has 3 heteroatoms. The molecule has 0 aliphatic rings. The topological polar surface area (TPSA) is 43.4 Å². The molecule has 3 nitrogen and oxygen atoms in total. The minimum atomic E-state index is -0.449. The van der Waals surface area contributed by atoms with Crippen LogP contribution in [0.15, 0.2) is 0 Å². The number of methoxy groups -OCH3 is 1. The molecule has 0 heterocycles. The van der Waals surface area contributed by atoms with Gasteiger partial charge < -0.3 is 9.53 Å². The molecule has 0 aromatic carbocycles. The van der Waals surface area contributed by atoms with Gasteiger partial charge in [-0.2, -0.15) is 0 Å². The fraction of sp³-hybridized carbons (Fsp3) is 0.800. The molecule has 76 valence electrons. The Morgan fingerprint density at radius 3 is 2.23 bits per heavy atom. The van der Waals surface area contributed by atoms with Crippen molar-refractivity contribution in [1.29, 1.82) is 0 Å². The van der Waals surface area contributed by atoms with Crippen LogP contribution >= 0.6 is 0 Å². The average molecular weight is 186 g/mol. The summed E-state index contributed by atoms with van der Waals surface area (Å²) >= 11 is 0. The van der Waals surface area contributed by atoms with Gasteiger partial charge in [-0.3, -0.25) is 4.79 Å². The van der Waals surface area contributed by atoms with Gasteiger partial charge in [0.05, 0.1) is 12.5 Å². The Bertz CT molecular complexity index is 171. The van der Waals surface area contributed by atoms with E-state index >= 15 is 0 Å². The van der Waals surface area contributed by atoms with Crippen LogP contribution in [0.3, 0.4) is 0 Å². The first kappa shape index (κ1) is 12.1. The monoisotopic (exact) mass is 186 g/mol. The van der Waals surface area contributed by atoms with Crippen LogP contribution in [0.4, 0.5) is 0 Å². The summed E-state index contributed by atoms with van der Waals surface area (Å²) in [5.74, 6) is -0.195. The van der Waals surface area contributed by atoms with Crippen LogP contribution < -0.4 is 0 Å². The van der Waals surface area contributed by atoms with Crippen molar-refractivity contribution in [2.75, 3.05) is 7.11 Å². The average Bonchev–Trinajstić information content (AvgIpc) is 2.19. The number of aldehydes is 1. The first-order valence-electron chi connectivity index (χ1n) is 4.69. The number of hydrogen-bond acceptors (Lipinski definition) is 3. The number of esters is 1. The molecule has 13 heavy (non-hydrogen) atoms. The summed E-state index contributed by atoms with van der Waals surface area (Å²) < 4.78 is 4.74. The molecular formula is C10H18O3. The van der Waals surface area contributed by atoms with Gasteiger partial charge in [-0.15, -0.1) is 0 Å². The highest BCUT2D eigenvalue weighted by Gasteiger charge is 2.35. The van der Waals surface area contributed by atoms with E-state index in [0.29, 0.717) is 12.8 Å². The highest BCUT2D eigenvalue weighted by molar-refractivity contribution is 5.77. The summed E-state index contributed by atoms with van der Waals surface area (Å²) in [4.78, 5) is 21.7. The maximum absolute atomic E-state index is 11.5. The van der Waals surface area contributed by atoms with Crippen molar-refractivity contribution >= 4 is 12.3 Å². The molecule has 0 spiro atoms. The van der Waals surface area contributed by atoms with E-state index in [1.165, 1.54) is 7.11 Å². The summed E-state index contributed by atoms with van der Waals surface area (Å²) in [5.41, 5.74) is -0.449. The van der Waals surface area contributed by atoms with Gasteiger partial charge in [0.15, 0.2) is 0 Å². The molecule has 0 amide bonds. The lowest BCUT2D eigenvalue weighted by Crippen LogP contribution is -2.31. The van der Waals surface area contributed by atoms with Gasteiger partial charge >= 0.3 is 5.97 Å². The second-order valence-electron chi connectivity index (χ2n) is 3.18. The van der Waals surface area contributed by atoms with Gasteiger partial charge in [0, 0.05) is 6.42 Å². The smallest absolute Gasteiger partial charge is 0.311 e. The lowest BCUT2D eigenvalue weighted by Gasteiger charge is -2.27. The first-order valence-corrected chi connectivity index (χ1v) is 4.69. The van der Waals surface area contributed by atoms with E-state index in [1.807, 2.05) is 13.8 Å². The fourth-order valence-corrected chi connectivity index (χ4v) is 1.55. The van der Waals surface area contributed by atoms with E-state index in [0.717, 1.165) is 19.1 Å². The lowest BCUT2D eigenvalue weighted by atomic mass is 9.78. The van der Waals surface area contributed by atoms with Crippen molar-refractivity contribution in [1.82, 2.24) is 0 Å². The van der Waals surface area contributed by atoms with Gasteiger partial charge in [-0.05, 0) is 19.3 Å². The predicted molar refractivity (Wildman–Crippen MR) is 50.3 cm³/mol. The Morgan fingerprint density at radius 2 is 1.92 bits per heavy atom. The number of carbonyl (C=O) groups excluding carboxylic acids is 2. The Morgan fingerprint density at radius 1 is 1.38 bits per heavy atom. The Hall–Kier alpha value is -0.860. The van der Waals surface area contributed by atoms with Gasteiger partial charge in [0.1, 0.15) is 6.29 Å². The third kappa shape index (κ3) is 2.83. The van der Waals surface area contributed by atoms with E-state index < -0.39 is 5.41 Å². The van der Waals surface area contributed by atoms with Crippen molar-refractivity contribution in [3.8, 4) is 0 Å². The summed E-state index contributed by atoms with van der Waals surface area (Å²) in [7, 11) is 1.39. The SMILES string of the molecule is CCC(CC)(CCC=O)C(=O)OC. The lowest BCUT2D eigenvalue weighted by molar-refractivity contribution is -0.153. The molecule has 0 N–H and O–H groups in total. The van der Waals surface area contributed by atoms with Crippen molar-refractivity contribution in [3.63, 3.8) is 0 Å². The maximum Gasteiger partial charge on any atom is 0.311 e.